The van der Waals surface area contributed by atoms with E-state index >= 15 is 0 Å². The van der Waals surface area contributed by atoms with E-state index in [0.29, 0.717) is 5.76 Å². The van der Waals surface area contributed by atoms with Crippen LogP contribution in [0.4, 0.5) is 0 Å². The highest BCUT2D eigenvalue weighted by Crippen LogP contribution is 2.31. The van der Waals surface area contributed by atoms with Crippen LogP contribution in [0.25, 0.3) is 11.3 Å². The van der Waals surface area contributed by atoms with E-state index in [4.69, 9.17) is 15.0 Å². The number of methoxy groups -OCH3 is 1. The summed E-state index contributed by atoms with van der Waals surface area (Å²) in [6.07, 6.45) is 0. The lowest BCUT2D eigenvalue weighted by Crippen LogP contribution is -2.02. The first kappa shape index (κ1) is 11.7. The first-order valence-corrected chi connectivity index (χ1v) is 5.49. The zero-order valence-corrected chi connectivity index (χ0v) is 10.2. The van der Waals surface area contributed by atoms with Crippen molar-refractivity contribution in [3.63, 3.8) is 0 Å². The van der Waals surface area contributed by atoms with Crippen LogP contribution < -0.4 is 10.5 Å². The van der Waals surface area contributed by atoms with Crippen LogP contribution in [0.3, 0.4) is 0 Å². The van der Waals surface area contributed by atoms with Gasteiger partial charge in [0.15, 0.2) is 5.76 Å². The number of rotatable bonds is 3. The Morgan fingerprint density at radius 1 is 1.35 bits per heavy atom. The third-order valence-electron chi connectivity index (χ3n) is 2.61. The van der Waals surface area contributed by atoms with Gasteiger partial charge in [-0.2, -0.15) is 0 Å². The second kappa shape index (κ2) is 4.59. The van der Waals surface area contributed by atoms with Crippen LogP contribution in [0, 0.1) is 6.92 Å². The maximum absolute atomic E-state index is 5.73. The van der Waals surface area contributed by atoms with Crippen LogP contribution >= 0.6 is 0 Å². The SMILES string of the molecule is COc1cc(C)ccc1-c1cc(C(C)N)on1. The molecular weight excluding hydrogens is 216 g/mol. The minimum absolute atomic E-state index is 0.160. The highest BCUT2D eigenvalue weighted by Gasteiger charge is 2.13. The molecule has 0 spiro atoms. The molecule has 0 radical (unpaired) electrons. The zero-order chi connectivity index (χ0) is 12.4. The molecule has 0 aliphatic carbocycles. The topological polar surface area (TPSA) is 61.3 Å². The number of hydrogen-bond donors (Lipinski definition) is 1. The molecule has 0 saturated carbocycles. The van der Waals surface area contributed by atoms with Crippen LogP contribution in [-0.2, 0) is 0 Å². The normalized spacial score (nSPS) is 12.5. The van der Waals surface area contributed by atoms with Crippen LogP contribution in [-0.4, -0.2) is 12.3 Å². The van der Waals surface area contributed by atoms with Gasteiger partial charge >= 0.3 is 0 Å². The molecule has 4 heteroatoms. The molecule has 1 aromatic heterocycles. The Hall–Kier alpha value is -1.81. The van der Waals surface area contributed by atoms with Crippen LogP contribution in [0.2, 0.25) is 0 Å². The highest BCUT2D eigenvalue weighted by molar-refractivity contribution is 5.67. The Kier molecular flexibility index (Phi) is 3.15. The van der Waals surface area contributed by atoms with E-state index in [1.165, 1.54) is 0 Å². The van der Waals surface area contributed by atoms with E-state index < -0.39 is 0 Å². The first-order valence-electron chi connectivity index (χ1n) is 5.49. The molecule has 0 bridgehead atoms. The summed E-state index contributed by atoms with van der Waals surface area (Å²) in [4.78, 5) is 0. The van der Waals surface area contributed by atoms with Crippen molar-refractivity contribution in [1.82, 2.24) is 5.16 Å². The number of nitrogens with zero attached hydrogens (tertiary/aromatic N) is 1. The van der Waals surface area contributed by atoms with Crippen LogP contribution in [0.5, 0.6) is 5.75 Å². The number of hydrogen-bond acceptors (Lipinski definition) is 4. The van der Waals surface area contributed by atoms with Gasteiger partial charge in [-0.05, 0) is 31.5 Å². The van der Waals surface area contributed by atoms with Crippen molar-refractivity contribution in [3.8, 4) is 17.0 Å². The smallest absolute Gasteiger partial charge is 0.153 e. The average Bonchev–Trinajstić information content (AvgIpc) is 2.78. The molecule has 1 unspecified atom stereocenters. The Labute approximate surface area is 100 Å². The fourth-order valence-electron chi connectivity index (χ4n) is 1.64. The minimum atomic E-state index is -0.160. The molecule has 0 aliphatic heterocycles. The molecular formula is C13H16N2O2. The van der Waals surface area contributed by atoms with Crippen molar-refractivity contribution in [2.45, 2.75) is 19.9 Å². The van der Waals surface area contributed by atoms with E-state index in [-0.39, 0.29) is 6.04 Å². The predicted molar refractivity (Wildman–Crippen MR) is 65.8 cm³/mol. The molecule has 0 saturated heterocycles. The molecule has 2 N–H and O–H groups in total. The van der Waals surface area contributed by atoms with E-state index in [9.17, 15) is 0 Å². The molecule has 90 valence electrons. The van der Waals surface area contributed by atoms with Gasteiger partial charge in [0.2, 0.25) is 0 Å². The molecule has 1 heterocycles. The monoisotopic (exact) mass is 232 g/mol. The molecule has 0 fully saturated rings. The number of nitrogens with two attached hydrogens (primary N) is 1. The maximum atomic E-state index is 5.73. The van der Waals surface area contributed by atoms with Crippen molar-refractivity contribution < 1.29 is 9.26 Å². The highest BCUT2D eigenvalue weighted by atomic mass is 16.5. The van der Waals surface area contributed by atoms with Gasteiger partial charge in [-0.1, -0.05) is 11.2 Å². The Morgan fingerprint density at radius 3 is 2.71 bits per heavy atom. The van der Waals surface area contributed by atoms with Crippen molar-refractivity contribution in [3.05, 3.63) is 35.6 Å². The first-order chi connectivity index (χ1) is 8.11. The molecule has 4 nitrogen and oxygen atoms in total. The summed E-state index contributed by atoms with van der Waals surface area (Å²) in [6, 6.07) is 7.63. The summed E-state index contributed by atoms with van der Waals surface area (Å²) in [5.41, 5.74) is 8.53. The zero-order valence-electron chi connectivity index (χ0n) is 10.2. The number of benzene rings is 1. The van der Waals surface area contributed by atoms with Gasteiger partial charge in [-0.3, -0.25) is 0 Å². The average molecular weight is 232 g/mol. The third-order valence-corrected chi connectivity index (χ3v) is 2.61. The summed E-state index contributed by atoms with van der Waals surface area (Å²) < 4.78 is 10.5. The van der Waals surface area contributed by atoms with E-state index in [2.05, 4.69) is 5.16 Å². The third kappa shape index (κ3) is 2.31. The van der Waals surface area contributed by atoms with Gasteiger partial charge in [0.1, 0.15) is 11.4 Å². The molecule has 17 heavy (non-hydrogen) atoms. The predicted octanol–water partition coefficient (Wildman–Crippen LogP) is 2.68. The standard InChI is InChI=1S/C13H16N2O2/c1-8-4-5-10(13(6-8)16-3)11-7-12(9(2)14)17-15-11/h4-7,9H,14H2,1-3H3. The molecule has 2 rings (SSSR count). The minimum Gasteiger partial charge on any atom is -0.496 e. The van der Waals surface area contributed by atoms with Crippen LogP contribution in [0.1, 0.15) is 24.3 Å². The summed E-state index contributed by atoms with van der Waals surface area (Å²) in [5, 5.41) is 4.01. The van der Waals surface area contributed by atoms with Crippen LogP contribution in [0.15, 0.2) is 28.8 Å². The van der Waals surface area contributed by atoms with Crippen molar-refractivity contribution in [2.75, 3.05) is 7.11 Å². The molecule has 1 atom stereocenters. The Bertz CT molecular complexity index is 518. The summed E-state index contributed by atoms with van der Waals surface area (Å²) in [5.74, 6) is 1.46. The summed E-state index contributed by atoms with van der Waals surface area (Å²) in [7, 11) is 1.64. The van der Waals surface area contributed by atoms with E-state index in [0.717, 1.165) is 22.6 Å². The van der Waals surface area contributed by atoms with Gasteiger partial charge in [-0.15, -0.1) is 0 Å². The fourth-order valence-corrected chi connectivity index (χ4v) is 1.64. The lowest BCUT2D eigenvalue weighted by atomic mass is 10.1. The maximum Gasteiger partial charge on any atom is 0.153 e. The largest absolute Gasteiger partial charge is 0.496 e. The van der Waals surface area contributed by atoms with E-state index in [1.54, 1.807) is 7.11 Å². The quantitative estimate of drug-likeness (QED) is 0.883. The van der Waals surface area contributed by atoms with Crippen molar-refractivity contribution >= 4 is 0 Å². The van der Waals surface area contributed by atoms with Crippen molar-refractivity contribution in [2.24, 2.45) is 5.73 Å². The molecule has 2 aromatic rings. The second-order valence-electron chi connectivity index (χ2n) is 4.11. The van der Waals surface area contributed by atoms with Gasteiger partial charge in [0.05, 0.1) is 13.2 Å². The molecule has 1 aromatic carbocycles. The summed E-state index contributed by atoms with van der Waals surface area (Å²) in [6.45, 7) is 3.87. The second-order valence-corrected chi connectivity index (χ2v) is 4.11. The lowest BCUT2D eigenvalue weighted by Gasteiger charge is -2.06. The van der Waals surface area contributed by atoms with E-state index in [1.807, 2.05) is 38.1 Å². The van der Waals surface area contributed by atoms with Crippen molar-refractivity contribution in [1.29, 1.82) is 0 Å². The number of aryl methyl sites for hydroxylation is 1. The number of aromatic nitrogens is 1. The number of ether oxygens (including phenoxy) is 1. The Morgan fingerprint density at radius 2 is 2.12 bits per heavy atom. The van der Waals surface area contributed by atoms with Gasteiger partial charge in [-0.25, -0.2) is 0 Å². The molecule has 0 amide bonds. The van der Waals surface area contributed by atoms with Gasteiger partial charge in [0, 0.05) is 11.6 Å². The van der Waals surface area contributed by atoms with Gasteiger partial charge in [0.25, 0.3) is 0 Å². The summed E-state index contributed by atoms with van der Waals surface area (Å²) >= 11 is 0. The molecule has 0 aliphatic rings. The Balaban J connectivity index is 2.44. The van der Waals surface area contributed by atoms with Gasteiger partial charge < -0.3 is 15.0 Å². The lowest BCUT2D eigenvalue weighted by molar-refractivity contribution is 0.368. The fraction of sp³-hybridized carbons (Fsp3) is 0.308.